The Morgan fingerprint density at radius 3 is 2.00 bits per heavy atom. The fourth-order valence-corrected chi connectivity index (χ4v) is 0. The van der Waals surface area contributed by atoms with Gasteiger partial charge in [0.2, 0.25) is 0 Å². The zero-order chi connectivity index (χ0) is 3.58. The van der Waals surface area contributed by atoms with E-state index in [1.807, 2.05) is 0 Å². The van der Waals surface area contributed by atoms with Gasteiger partial charge in [-0.3, -0.25) is 0 Å². The van der Waals surface area contributed by atoms with Crippen LogP contribution in [-0.4, -0.2) is 4.89 Å². The van der Waals surface area contributed by atoms with Crippen LogP contribution in [0.5, 0.6) is 0 Å². The van der Waals surface area contributed by atoms with E-state index in [0.29, 0.717) is 0 Å². The van der Waals surface area contributed by atoms with Gasteiger partial charge in [0.15, 0.2) is 0 Å². The van der Waals surface area contributed by atoms with Crippen molar-refractivity contribution in [2.75, 3.05) is 0 Å². The van der Waals surface area contributed by atoms with E-state index in [1.165, 1.54) is 0 Å². The Morgan fingerprint density at radius 2 is 2.00 bits per heavy atom. The molecule has 4 heavy (non-hydrogen) atoms. The second-order valence-corrected chi connectivity index (χ2v) is 2.40. The smallest absolute Gasteiger partial charge is 0.290 e. The molecule has 0 amide bonds. The van der Waals surface area contributed by atoms with Gasteiger partial charge in [0.05, 0.1) is 0 Å². The minimum Gasteiger partial charge on any atom is -0.338 e. The Morgan fingerprint density at radius 1 is 2.00 bits per heavy atom. The highest BCUT2D eigenvalue weighted by molar-refractivity contribution is 9.38. The van der Waals surface area contributed by atoms with Gasteiger partial charge < -0.3 is 4.89 Å². The third kappa shape index (κ3) is 14.2. The Kier molecular flexibility index (Phi) is 2.48. The summed E-state index contributed by atoms with van der Waals surface area (Å²) in [5, 5.41) is 0. The largest absolute Gasteiger partial charge is 0.338 e. The maximum atomic E-state index is 10.5. The first kappa shape index (κ1) is 4.80. The molecule has 0 aromatic heterocycles. The van der Waals surface area contributed by atoms with Crippen molar-refractivity contribution in [3.8, 4) is 0 Å². The highest BCUT2D eigenvalue weighted by atomic mass is 79.9. The predicted octanol–water partition coefficient (Wildman–Crippen LogP) is 1.57. The summed E-state index contributed by atoms with van der Waals surface area (Å²) in [6, 6.07) is 0. The van der Waals surface area contributed by atoms with E-state index < -0.39 is 7.16 Å². The maximum absolute atomic E-state index is 10.5. The van der Waals surface area contributed by atoms with E-state index in [4.69, 9.17) is 4.89 Å². The second kappa shape index (κ2) is 2.06. The fraction of sp³-hybridized carbons (Fsp3) is 0. The van der Waals surface area contributed by atoms with Gasteiger partial charge in [-0.1, -0.05) is 0 Å². The number of hydrogen-bond acceptors (Lipinski definition) is 1. The van der Waals surface area contributed by atoms with Crippen molar-refractivity contribution < 1.29 is 9.09 Å². The third-order valence-electron chi connectivity index (χ3n) is 0. The second-order valence-electron chi connectivity index (χ2n) is 0.215. The van der Waals surface area contributed by atoms with Gasteiger partial charge in [0.1, 0.15) is 0 Å². The molecule has 0 radical (unpaired) electrons. The number of rotatable bonds is 0. The van der Waals surface area contributed by atoms with E-state index in [-0.39, 0.29) is 0 Å². The molecule has 1 atom stereocenters. The first-order valence-electron chi connectivity index (χ1n) is 0.538. The Bertz CT molecular complexity index is 12.8. The lowest BCUT2D eigenvalue weighted by Gasteiger charge is -1.69. The van der Waals surface area contributed by atoms with E-state index in [0.717, 1.165) is 0 Å². The quantitative estimate of drug-likeness (QED) is 0.515. The first-order valence-corrected chi connectivity index (χ1v) is 3.74. The average molecular weight is 147 g/mol. The van der Waals surface area contributed by atoms with Crippen molar-refractivity contribution in [1.82, 2.24) is 0 Å². The van der Waals surface area contributed by atoms with E-state index in [1.54, 1.807) is 0 Å². The van der Waals surface area contributed by atoms with Crippen LogP contribution in [0.25, 0.3) is 0 Å². The van der Waals surface area contributed by atoms with Gasteiger partial charge in [-0.25, -0.2) is 0 Å². The molecule has 0 fully saturated rings. The Balaban J connectivity index is 2.32. The monoisotopic (exact) mass is 146 g/mol. The summed E-state index contributed by atoms with van der Waals surface area (Å²) >= 11 is 2.22. The molecule has 0 rings (SSSR count). The molecule has 0 aromatic rings. The lowest BCUT2D eigenvalue weighted by Crippen LogP contribution is -1.25. The van der Waals surface area contributed by atoms with E-state index in [2.05, 4.69) is 15.5 Å². The number of halogens is 2. The molecule has 1 nitrogen and oxygen atoms in total. The topological polar surface area (TPSA) is 20.2 Å². The van der Waals surface area contributed by atoms with Gasteiger partial charge in [0.25, 0.3) is 7.16 Å². The van der Waals surface area contributed by atoms with Crippen LogP contribution < -0.4 is 0 Å². The van der Waals surface area contributed by atoms with Gasteiger partial charge in [-0.15, -0.1) is 0 Å². The lowest BCUT2D eigenvalue weighted by molar-refractivity contribution is 0.591. The Labute approximate surface area is 32.5 Å². The van der Waals surface area contributed by atoms with Crippen LogP contribution in [0.15, 0.2) is 0 Å². The molecule has 0 aromatic carbocycles. The lowest BCUT2D eigenvalue weighted by atomic mass is 15.9. The average Bonchev–Trinajstić information content (AvgIpc) is 0.811. The number of hydrogen-bond donors (Lipinski definition) is 1. The van der Waals surface area contributed by atoms with Gasteiger partial charge in [-0.2, -0.15) is 4.20 Å². The van der Waals surface area contributed by atoms with Crippen LogP contribution in [0, 0.1) is 0 Å². The molecule has 0 bridgehead atoms. The van der Waals surface area contributed by atoms with Crippen LogP contribution in [0.4, 0.5) is 4.20 Å². The predicted molar refractivity (Wildman–Crippen MR) is 19.2 cm³/mol. The van der Waals surface area contributed by atoms with Crippen molar-refractivity contribution >= 4 is 22.7 Å². The van der Waals surface area contributed by atoms with Crippen molar-refractivity contribution in [2.45, 2.75) is 0 Å². The van der Waals surface area contributed by atoms with E-state index in [9.17, 15) is 4.20 Å². The molecule has 0 saturated carbocycles. The van der Waals surface area contributed by atoms with Crippen molar-refractivity contribution in [3.05, 3.63) is 0 Å². The molecular formula is HBrFOP. The molecule has 1 unspecified atom stereocenters. The summed E-state index contributed by atoms with van der Waals surface area (Å²) in [6.45, 7) is 0. The van der Waals surface area contributed by atoms with Crippen LogP contribution >= 0.6 is 22.7 Å². The highest BCUT2D eigenvalue weighted by Gasteiger charge is 1.81. The van der Waals surface area contributed by atoms with Crippen LogP contribution in [-0.2, 0) is 0 Å². The summed E-state index contributed by atoms with van der Waals surface area (Å²) in [5.74, 6) is 0. The SMILES string of the molecule is OP(F)Br. The minimum absolute atomic E-state index is 2.22. The molecule has 0 aliphatic carbocycles. The molecule has 0 aliphatic heterocycles. The van der Waals surface area contributed by atoms with Crippen molar-refractivity contribution in [1.29, 1.82) is 0 Å². The molecular weight excluding hydrogens is 146 g/mol. The molecule has 1 N–H and O–H groups in total. The van der Waals surface area contributed by atoms with Crippen LogP contribution in [0.1, 0.15) is 0 Å². The summed E-state index contributed by atoms with van der Waals surface area (Å²) in [7, 11) is -2.31. The van der Waals surface area contributed by atoms with Gasteiger partial charge >= 0.3 is 0 Å². The zero-order valence-corrected chi connectivity index (χ0v) is 4.13. The highest BCUT2D eigenvalue weighted by Crippen LogP contribution is 2.39. The van der Waals surface area contributed by atoms with E-state index >= 15 is 0 Å². The molecule has 0 saturated heterocycles. The zero-order valence-electron chi connectivity index (χ0n) is 1.65. The summed E-state index contributed by atoms with van der Waals surface area (Å²) in [6.07, 6.45) is 0. The summed E-state index contributed by atoms with van der Waals surface area (Å²) in [5.41, 5.74) is 0. The Hall–Kier alpha value is 0.800. The van der Waals surface area contributed by atoms with Crippen LogP contribution in [0.3, 0.4) is 0 Å². The standard InChI is InChI=1S/BrFHOP/c1-4(2)3/h3H. The first-order chi connectivity index (χ1) is 1.73. The van der Waals surface area contributed by atoms with Crippen LogP contribution in [0.2, 0.25) is 0 Å². The van der Waals surface area contributed by atoms with Gasteiger partial charge in [-0.05, 0) is 0 Å². The maximum Gasteiger partial charge on any atom is 0.290 e. The fourth-order valence-electron chi connectivity index (χ4n) is 0. The normalized spacial score (nSPS) is 15.8. The molecule has 0 spiro atoms. The summed E-state index contributed by atoms with van der Waals surface area (Å²) < 4.78 is 10.5. The third-order valence-corrected chi connectivity index (χ3v) is 0. The summed E-state index contributed by atoms with van der Waals surface area (Å²) in [4.78, 5) is 7.37. The molecule has 4 heteroatoms. The molecule has 0 heterocycles. The molecule has 26 valence electrons. The van der Waals surface area contributed by atoms with Crippen molar-refractivity contribution in [3.63, 3.8) is 0 Å². The molecule has 0 aliphatic rings. The van der Waals surface area contributed by atoms with Crippen molar-refractivity contribution in [2.24, 2.45) is 0 Å². The van der Waals surface area contributed by atoms with Gasteiger partial charge in [0, 0.05) is 15.5 Å². The minimum atomic E-state index is -2.31.